The number of hydrogen-bond donors (Lipinski definition) is 1. The zero-order valence-corrected chi connectivity index (χ0v) is 10.2. The van der Waals surface area contributed by atoms with Crippen LogP contribution in [0.25, 0.3) is 0 Å². The maximum atomic E-state index is 11.9. The average Bonchev–Trinajstić information content (AvgIpc) is 2.38. The Bertz CT molecular complexity index is 384. The summed E-state index contributed by atoms with van der Waals surface area (Å²) in [6, 6.07) is 8.12. The third-order valence-corrected chi connectivity index (χ3v) is 3.25. The molecule has 0 radical (unpaired) electrons. The molecule has 0 bridgehead atoms. The lowest BCUT2D eigenvalue weighted by Crippen LogP contribution is -2.35. The Morgan fingerprint density at radius 3 is 3.00 bits per heavy atom. The van der Waals surface area contributed by atoms with E-state index >= 15 is 0 Å². The average molecular weight is 233 g/mol. The molecule has 0 aromatic heterocycles. The van der Waals surface area contributed by atoms with Gasteiger partial charge >= 0.3 is 0 Å². The highest BCUT2D eigenvalue weighted by Crippen LogP contribution is 2.14. The summed E-state index contributed by atoms with van der Waals surface area (Å²) in [6.45, 7) is 4.04. The molecular formula is C14H19NO2. The molecule has 17 heavy (non-hydrogen) atoms. The molecule has 1 aromatic carbocycles. The van der Waals surface area contributed by atoms with Crippen LogP contribution in [0, 0.1) is 12.8 Å². The second-order valence-corrected chi connectivity index (χ2v) is 4.56. The first-order valence-electron chi connectivity index (χ1n) is 6.17. The van der Waals surface area contributed by atoms with Crippen molar-refractivity contribution in [2.45, 2.75) is 26.3 Å². The number of rotatable bonds is 3. The summed E-state index contributed by atoms with van der Waals surface area (Å²) in [7, 11) is 0. The minimum Gasteiger partial charge on any atom is -0.381 e. The molecule has 3 nitrogen and oxygen atoms in total. The topological polar surface area (TPSA) is 38.3 Å². The van der Waals surface area contributed by atoms with E-state index < -0.39 is 0 Å². The quantitative estimate of drug-likeness (QED) is 0.867. The van der Waals surface area contributed by atoms with Gasteiger partial charge in [-0.3, -0.25) is 4.79 Å². The van der Waals surface area contributed by atoms with Gasteiger partial charge in [0.05, 0.1) is 12.5 Å². The van der Waals surface area contributed by atoms with Crippen molar-refractivity contribution in [2.24, 2.45) is 5.92 Å². The van der Waals surface area contributed by atoms with E-state index in [4.69, 9.17) is 4.74 Å². The van der Waals surface area contributed by atoms with Gasteiger partial charge in [0.25, 0.3) is 0 Å². The summed E-state index contributed by atoms with van der Waals surface area (Å²) in [5, 5.41) is 2.99. The van der Waals surface area contributed by atoms with Crippen LogP contribution in [-0.2, 0) is 16.1 Å². The van der Waals surface area contributed by atoms with Gasteiger partial charge in [-0.25, -0.2) is 0 Å². The molecule has 92 valence electrons. The first-order chi connectivity index (χ1) is 8.27. The number of amides is 1. The number of hydrogen-bond acceptors (Lipinski definition) is 2. The van der Waals surface area contributed by atoms with E-state index in [-0.39, 0.29) is 11.8 Å². The van der Waals surface area contributed by atoms with Crippen LogP contribution in [0.5, 0.6) is 0 Å². The van der Waals surface area contributed by atoms with Crippen LogP contribution in [0.2, 0.25) is 0 Å². The second kappa shape index (κ2) is 5.82. The molecule has 3 heteroatoms. The maximum Gasteiger partial charge on any atom is 0.225 e. The zero-order chi connectivity index (χ0) is 12.1. The summed E-state index contributed by atoms with van der Waals surface area (Å²) in [4.78, 5) is 11.9. The van der Waals surface area contributed by atoms with Crippen LogP contribution in [0.4, 0.5) is 0 Å². The largest absolute Gasteiger partial charge is 0.381 e. The van der Waals surface area contributed by atoms with Crippen LogP contribution in [0.1, 0.15) is 24.0 Å². The van der Waals surface area contributed by atoms with Crippen molar-refractivity contribution >= 4 is 5.91 Å². The van der Waals surface area contributed by atoms with E-state index in [0.717, 1.165) is 19.4 Å². The summed E-state index contributed by atoms with van der Waals surface area (Å²) in [5.74, 6) is 0.153. The number of carbonyl (C=O) groups is 1. The van der Waals surface area contributed by atoms with Gasteiger partial charge in [-0.05, 0) is 30.9 Å². The van der Waals surface area contributed by atoms with Crippen LogP contribution < -0.4 is 5.32 Å². The molecule has 1 heterocycles. The van der Waals surface area contributed by atoms with Crippen molar-refractivity contribution in [3.63, 3.8) is 0 Å². The molecule has 0 saturated carbocycles. The molecule has 1 aliphatic rings. The third kappa shape index (κ3) is 3.30. The lowest BCUT2D eigenvalue weighted by atomic mass is 10.0. The van der Waals surface area contributed by atoms with Crippen molar-refractivity contribution in [3.05, 3.63) is 35.4 Å². The molecule has 0 aliphatic carbocycles. The van der Waals surface area contributed by atoms with Gasteiger partial charge in [0.15, 0.2) is 0 Å². The minimum absolute atomic E-state index is 0.0350. The van der Waals surface area contributed by atoms with E-state index in [9.17, 15) is 4.79 Å². The molecule has 2 rings (SSSR count). The summed E-state index contributed by atoms with van der Waals surface area (Å²) < 4.78 is 5.32. The van der Waals surface area contributed by atoms with Crippen molar-refractivity contribution in [1.82, 2.24) is 5.32 Å². The van der Waals surface area contributed by atoms with E-state index in [2.05, 4.69) is 18.3 Å². The van der Waals surface area contributed by atoms with Crippen LogP contribution in [-0.4, -0.2) is 19.1 Å². The summed E-state index contributed by atoms with van der Waals surface area (Å²) >= 11 is 0. The molecule has 0 spiro atoms. The number of nitrogens with one attached hydrogen (secondary N) is 1. The van der Waals surface area contributed by atoms with Gasteiger partial charge in [0, 0.05) is 13.2 Å². The highest BCUT2D eigenvalue weighted by atomic mass is 16.5. The van der Waals surface area contributed by atoms with E-state index in [0.29, 0.717) is 13.2 Å². The molecule has 1 aliphatic heterocycles. The van der Waals surface area contributed by atoms with E-state index in [1.54, 1.807) is 0 Å². The highest BCUT2D eigenvalue weighted by molar-refractivity contribution is 5.78. The fraction of sp³-hybridized carbons (Fsp3) is 0.500. The predicted molar refractivity (Wildman–Crippen MR) is 66.6 cm³/mol. The first kappa shape index (κ1) is 12.1. The van der Waals surface area contributed by atoms with E-state index in [1.165, 1.54) is 11.1 Å². The monoisotopic (exact) mass is 233 g/mol. The fourth-order valence-corrected chi connectivity index (χ4v) is 2.08. The molecule has 1 aromatic rings. The number of aryl methyl sites for hydroxylation is 1. The number of ether oxygens (including phenoxy) is 1. The molecular weight excluding hydrogens is 214 g/mol. The Morgan fingerprint density at radius 1 is 1.47 bits per heavy atom. The maximum absolute atomic E-state index is 11.9. The van der Waals surface area contributed by atoms with Gasteiger partial charge in [0.1, 0.15) is 0 Å². The van der Waals surface area contributed by atoms with Gasteiger partial charge in [-0.1, -0.05) is 24.3 Å². The molecule has 1 saturated heterocycles. The zero-order valence-electron chi connectivity index (χ0n) is 10.2. The van der Waals surface area contributed by atoms with Gasteiger partial charge < -0.3 is 10.1 Å². The van der Waals surface area contributed by atoms with Gasteiger partial charge in [-0.2, -0.15) is 0 Å². The lowest BCUT2D eigenvalue weighted by molar-refractivity contribution is -0.129. The van der Waals surface area contributed by atoms with Crippen molar-refractivity contribution in [2.75, 3.05) is 13.2 Å². The summed E-state index contributed by atoms with van der Waals surface area (Å²) in [5.41, 5.74) is 2.39. The van der Waals surface area contributed by atoms with E-state index in [1.807, 2.05) is 18.2 Å². The Morgan fingerprint density at radius 2 is 2.29 bits per heavy atom. The Hall–Kier alpha value is -1.35. The smallest absolute Gasteiger partial charge is 0.225 e. The normalized spacial score (nSPS) is 19.9. The Labute approximate surface area is 102 Å². The number of benzene rings is 1. The third-order valence-electron chi connectivity index (χ3n) is 3.25. The summed E-state index contributed by atoms with van der Waals surface area (Å²) in [6.07, 6.45) is 1.93. The van der Waals surface area contributed by atoms with Crippen LogP contribution >= 0.6 is 0 Å². The molecule has 1 N–H and O–H groups in total. The van der Waals surface area contributed by atoms with Crippen molar-refractivity contribution in [1.29, 1.82) is 0 Å². The Balaban J connectivity index is 1.85. The molecule has 1 fully saturated rings. The first-order valence-corrected chi connectivity index (χ1v) is 6.17. The second-order valence-electron chi connectivity index (χ2n) is 4.56. The highest BCUT2D eigenvalue weighted by Gasteiger charge is 2.21. The van der Waals surface area contributed by atoms with Gasteiger partial charge in [-0.15, -0.1) is 0 Å². The fourth-order valence-electron chi connectivity index (χ4n) is 2.08. The lowest BCUT2D eigenvalue weighted by Gasteiger charge is -2.21. The van der Waals surface area contributed by atoms with Crippen molar-refractivity contribution < 1.29 is 9.53 Å². The van der Waals surface area contributed by atoms with Gasteiger partial charge in [0.2, 0.25) is 5.91 Å². The number of carbonyl (C=O) groups excluding carboxylic acids is 1. The van der Waals surface area contributed by atoms with Crippen molar-refractivity contribution in [3.8, 4) is 0 Å². The predicted octanol–water partition coefficient (Wildman–Crippen LogP) is 2.04. The SMILES string of the molecule is Cc1ccccc1CNC(=O)C1CCCOC1. The Kier molecular flexibility index (Phi) is 4.15. The molecule has 1 amide bonds. The molecule has 1 unspecified atom stereocenters. The minimum atomic E-state index is 0.0350. The van der Waals surface area contributed by atoms with Crippen LogP contribution in [0.3, 0.4) is 0 Å². The molecule has 1 atom stereocenters. The van der Waals surface area contributed by atoms with Crippen LogP contribution in [0.15, 0.2) is 24.3 Å². The standard InChI is InChI=1S/C14H19NO2/c1-11-5-2-3-6-12(11)9-15-14(16)13-7-4-8-17-10-13/h2-3,5-6,13H,4,7-10H2,1H3,(H,15,16).